The maximum atomic E-state index is 5.91. The molecule has 0 saturated carbocycles. The molecule has 2 aromatic rings. The lowest BCUT2D eigenvalue weighted by atomic mass is 10.5. The van der Waals surface area contributed by atoms with E-state index in [0.29, 0.717) is 10.9 Å². The smallest absolute Gasteiger partial charge is 0.138 e. The molecule has 0 aliphatic heterocycles. The van der Waals surface area contributed by atoms with Crippen LogP contribution in [0.2, 0.25) is 5.02 Å². The summed E-state index contributed by atoms with van der Waals surface area (Å²) in [7, 11) is 0. The Morgan fingerprint density at radius 3 is 2.92 bits per heavy atom. The van der Waals surface area contributed by atoms with Gasteiger partial charge in [-0.2, -0.15) is 0 Å². The van der Waals surface area contributed by atoms with Crippen LogP contribution < -0.4 is 0 Å². The maximum absolute atomic E-state index is 5.91. The van der Waals surface area contributed by atoms with E-state index in [0.717, 1.165) is 15.8 Å². The van der Waals surface area contributed by atoms with Crippen LogP contribution in [0.15, 0.2) is 22.9 Å². The average Bonchev–Trinajstić information content (AvgIpc) is 2.48. The maximum Gasteiger partial charge on any atom is 0.138 e. The second-order valence-corrected chi connectivity index (χ2v) is 4.13. The molecule has 0 fully saturated rings. The third kappa shape index (κ3) is 1.68. The molecule has 2 rings (SSSR count). The molecule has 0 saturated heterocycles. The van der Waals surface area contributed by atoms with Gasteiger partial charge >= 0.3 is 0 Å². The van der Waals surface area contributed by atoms with Crippen molar-refractivity contribution in [1.82, 2.24) is 9.38 Å². The van der Waals surface area contributed by atoms with Crippen molar-refractivity contribution in [2.45, 2.75) is 5.88 Å². The van der Waals surface area contributed by atoms with E-state index in [1.165, 1.54) is 0 Å². The highest BCUT2D eigenvalue weighted by atomic mass is 79.9. The van der Waals surface area contributed by atoms with Crippen LogP contribution in [0.4, 0.5) is 0 Å². The van der Waals surface area contributed by atoms with Gasteiger partial charge in [-0.1, -0.05) is 11.6 Å². The van der Waals surface area contributed by atoms with Crippen LogP contribution in [0, 0.1) is 0 Å². The number of pyridine rings is 1. The largest absolute Gasteiger partial charge is 0.306 e. The van der Waals surface area contributed by atoms with Crippen molar-refractivity contribution in [2.75, 3.05) is 0 Å². The number of hydrogen-bond donors (Lipinski definition) is 0. The number of rotatable bonds is 1. The lowest BCUT2D eigenvalue weighted by Crippen LogP contribution is -1.82. The van der Waals surface area contributed by atoms with Gasteiger partial charge in [-0.25, -0.2) is 4.98 Å². The van der Waals surface area contributed by atoms with Gasteiger partial charge in [0.25, 0.3) is 0 Å². The Kier molecular flexibility index (Phi) is 2.49. The summed E-state index contributed by atoms with van der Waals surface area (Å²) in [6.45, 7) is 0. The van der Waals surface area contributed by atoms with E-state index in [1.54, 1.807) is 6.07 Å². The van der Waals surface area contributed by atoms with Gasteiger partial charge in [-0.3, -0.25) is 0 Å². The number of nitrogens with zero attached hydrogens (tertiary/aromatic N) is 2. The fraction of sp³-hybridized carbons (Fsp3) is 0.125. The van der Waals surface area contributed by atoms with Crippen LogP contribution in [-0.2, 0) is 5.88 Å². The monoisotopic (exact) mass is 278 g/mol. The normalized spacial score (nSPS) is 11.0. The predicted molar refractivity (Wildman–Crippen MR) is 57.5 cm³/mol. The quantitative estimate of drug-likeness (QED) is 0.731. The summed E-state index contributed by atoms with van der Waals surface area (Å²) < 4.78 is 2.73. The molecule has 0 bridgehead atoms. The minimum absolute atomic E-state index is 0.414. The molecule has 5 heteroatoms. The second-order valence-electron chi connectivity index (χ2n) is 2.60. The molecule has 0 N–H and O–H groups in total. The highest BCUT2D eigenvalue weighted by Crippen LogP contribution is 2.23. The van der Waals surface area contributed by atoms with Crippen LogP contribution in [0.5, 0.6) is 0 Å². The van der Waals surface area contributed by atoms with Gasteiger partial charge in [0.15, 0.2) is 0 Å². The Balaban J connectivity index is 2.70. The van der Waals surface area contributed by atoms with Gasteiger partial charge in [-0.05, 0) is 15.9 Å². The van der Waals surface area contributed by atoms with Gasteiger partial charge in [0.2, 0.25) is 0 Å². The molecule has 0 aliphatic rings. The lowest BCUT2D eigenvalue weighted by Gasteiger charge is -1.96. The lowest BCUT2D eigenvalue weighted by molar-refractivity contribution is 1.17. The van der Waals surface area contributed by atoms with Crippen molar-refractivity contribution in [3.63, 3.8) is 0 Å². The van der Waals surface area contributed by atoms with Gasteiger partial charge < -0.3 is 4.40 Å². The first-order valence-electron chi connectivity index (χ1n) is 3.59. The van der Waals surface area contributed by atoms with Gasteiger partial charge in [0, 0.05) is 18.5 Å². The molecule has 0 amide bonds. The predicted octanol–water partition coefficient (Wildman–Crippen LogP) is 3.49. The molecule has 2 heterocycles. The number of imidazole rings is 1. The van der Waals surface area contributed by atoms with E-state index in [2.05, 4.69) is 20.9 Å². The first-order valence-corrected chi connectivity index (χ1v) is 5.30. The molecule has 2 nitrogen and oxygen atoms in total. The third-order valence-corrected chi connectivity index (χ3v) is 3.13. The summed E-state index contributed by atoms with van der Waals surface area (Å²) in [6.07, 6.45) is 3.74. The topological polar surface area (TPSA) is 17.3 Å². The fourth-order valence-electron chi connectivity index (χ4n) is 1.10. The van der Waals surface area contributed by atoms with Crippen LogP contribution in [0.25, 0.3) is 5.65 Å². The molecular formula is C8H5BrCl2N2. The van der Waals surface area contributed by atoms with Gasteiger partial charge in [-0.15, -0.1) is 11.6 Å². The number of fused-ring (bicyclic) bond motifs is 1. The van der Waals surface area contributed by atoms with E-state index in [1.807, 2.05) is 16.8 Å². The zero-order chi connectivity index (χ0) is 9.42. The molecule has 13 heavy (non-hydrogen) atoms. The Morgan fingerprint density at radius 2 is 2.23 bits per heavy atom. The highest BCUT2D eigenvalue weighted by molar-refractivity contribution is 9.10. The molecule has 0 atom stereocenters. The second kappa shape index (κ2) is 3.48. The summed E-state index contributed by atoms with van der Waals surface area (Å²) in [5.74, 6) is 0.414. The molecule has 0 radical (unpaired) electrons. The average molecular weight is 280 g/mol. The van der Waals surface area contributed by atoms with E-state index in [-0.39, 0.29) is 0 Å². The van der Waals surface area contributed by atoms with E-state index >= 15 is 0 Å². The standard InChI is InChI=1S/C8H5BrCl2N2/c9-6-4-13-3-5(2-10)12-8(13)1-7(6)11/h1,3-4H,2H2. The Bertz CT molecular complexity index is 414. The van der Waals surface area contributed by atoms with Crippen molar-refractivity contribution < 1.29 is 0 Å². The molecule has 2 aromatic heterocycles. The zero-order valence-corrected chi connectivity index (χ0v) is 9.57. The zero-order valence-electron chi connectivity index (χ0n) is 6.47. The molecule has 68 valence electrons. The SMILES string of the molecule is ClCc1cn2cc(Br)c(Cl)cc2n1. The number of halogens is 3. The Morgan fingerprint density at radius 1 is 1.46 bits per heavy atom. The minimum Gasteiger partial charge on any atom is -0.306 e. The molecule has 0 unspecified atom stereocenters. The molecular weight excluding hydrogens is 275 g/mol. The Hall–Kier alpha value is -0.250. The van der Waals surface area contributed by atoms with Crippen LogP contribution in [0.3, 0.4) is 0 Å². The van der Waals surface area contributed by atoms with Crippen molar-refractivity contribution in [2.24, 2.45) is 0 Å². The van der Waals surface area contributed by atoms with E-state index in [9.17, 15) is 0 Å². The summed E-state index contributed by atoms with van der Waals surface area (Å²) in [4.78, 5) is 4.26. The number of alkyl halides is 1. The fourth-order valence-corrected chi connectivity index (χ4v) is 1.71. The third-order valence-electron chi connectivity index (χ3n) is 1.68. The van der Waals surface area contributed by atoms with Crippen molar-refractivity contribution in [3.05, 3.63) is 33.6 Å². The molecule has 0 spiro atoms. The minimum atomic E-state index is 0.414. The molecule has 0 aromatic carbocycles. The van der Waals surface area contributed by atoms with Crippen molar-refractivity contribution in [3.8, 4) is 0 Å². The van der Waals surface area contributed by atoms with Crippen LogP contribution >= 0.6 is 39.1 Å². The van der Waals surface area contributed by atoms with E-state index < -0.39 is 0 Å². The van der Waals surface area contributed by atoms with Crippen LogP contribution in [0.1, 0.15) is 5.69 Å². The van der Waals surface area contributed by atoms with Gasteiger partial charge in [0.1, 0.15) is 5.65 Å². The first kappa shape index (κ1) is 9.31. The Labute approximate surface area is 93.6 Å². The van der Waals surface area contributed by atoms with E-state index in [4.69, 9.17) is 23.2 Å². The van der Waals surface area contributed by atoms with Crippen molar-refractivity contribution in [1.29, 1.82) is 0 Å². The molecule has 0 aliphatic carbocycles. The summed E-state index contributed by atoms with van der Waals surface area (Å²) in [6, 6.07) is 1.79. The number of aromatic nitrogens is 2. The first-order chi connectivity index (χ1) is 6.20. The highest BCUT2D eigenvalue weighted by Gasteiger charge is 2.03. The summed E-state index contributed by atoms with van der Waals surface area (Å²) in [5, 5.41) is 0.652. The van der Waals surface area contributed by atoms with Crippen LogP contribution in [-0.4, -0.2) is 9.38 Å². The van der Waals surface area contributed by atoms with Crippen molar-refractivity contribution >= 4 is 44.8 Å². The summed E-state index contributed by atoms with van der Waals surface area (Å²) in [5.41, 5.74) is 1.65. The number of hydrogen-bond acceptors (Lipinski definition) is 1. The summed E-state index contributed by atoms with van der Waals surface area (Å²) >= 11 is 14.9. The van der Waals surface area contributed by atoms with Gasteiger partial charge in [0.05, 0.1) is 21.1 Å².